The van der Waals surface area contributed by atoms with Gasteiger partial charge in [0, 0.05) is 112 Å². The number of fused-ring (bicyclic) bond motifs is 6. The van der Waals surface area contributed by atoms with Crippen LogP contribution in [0.15, 0.2) is 35.8 Å². The standard InChI is InChI=1S/C53H73N9O9S/c1-7-69-48-46(56-52(65)60-16-12-33(60)2)50(63)62-15-8-9-42(57-62)51(64)71-32-53(4,5)27-41-39-25-35(43-31-72-49(48)55-43)10-11-44(39)61(21-24-70-38-13-22-67-23-14-38)47(41)40-26-36(28-54-45(40)34(3)66-6)58-17-19-59(20-18-58)37-29-68-30-37/h10-11,25-26,28,31,33-34,37-38,42,46,48,57H,7-9,12-24,27,29-30,32H2,1-6H3,(H,56,65)/t33-,34+,42+,46+,48+/m1/s1. The van der Waals surface area contributed by atoms with E-state index in [0.717, 1.165) is 109 Å². The Balaban J connectivity index is 1.11. The number of nitrogens with zero attached hydrogens (tertiary/aromatic N) is 7. The Bertz CT molecular complexity index is 2570. The number of ether oxygens (including phenoxy) is 6. The first kappa shape index (κ1) is 50.8. The molecule has 6 aliphatic rings. The summed E-state index contributed by atoms with van der Waals surface area (Å²) in [6, 6.07) is 7.11. The number of nitrogens with one attached hydrogen (secondary N) is 2. The van der Waals surface area contributed by atoms with Gasteiger partial charge in [-0.15, -0.1) is 11.3 Å². The SMILES string of the molecule is CCO[C@@H]1c2nc(cs2)-c2ccc3c(c2)c(c(-c2cc(N4CCN(C5COC5)CC4)cnc2[C@H](C)OC)n3CCOC2CCOCC2)CC(C)(C)COC(=O)[C@@H]2CCCN(N2)C(=O)[C@H]1NC(=O)N1CC[C@H]1C. The Hall–Kier alpha value is -4.73. The van der Waals surface area contributed by atoms with Crippen molar-refractivity contribution in [2.24, 2.45) is 5.41 Å². The molecule has 19 heteroatoms. The Morgan fingerprint density at radius 2 is 1.82 bits per heavy atom. The van der Waals surface area contributed by atoms with Crippen LogP contribution in [0.25, 0.3) is 33.4 Å². The summed E-state index contributed by atoms with van der Waals surface area (Å²) < 4.78 is 39.0. The molecule has 0 aliphatic carbocycles. The van der Waals surface area contributed by atoms with Crippen molar-refractivity contribution >= 4 is 45.8 Å². The molecule has 5 fully saturated rings. The summed E-state index contributed by atoms with van der Waals surface area (Å²) in [7, 11) is 1.73. The number of benzene rings is 1. The number of hydrogen-bond acceptors (Lipinski definition) is 15. The van der Waals surface area contributed by atoms with Crippen molar-refractivity contribution in [1.29, 1.82) is 0 Å². The van der Waals surface area contributed by atoms with E-state index in [1.165, 1.54) is 16.3 Å². The van der Waals surface area contributed by atoms with E-state index in [2.05, 4.69) is 63.2 Å². The first-order valence-corrected chi connectivity index (χ1v) is 27.1. The number of urea groups is 1. The average molecular weight is 1010 g/mol. The predicted molar refractivity (Wildman–Crippen MR) is 274 cm³/mol. The first-order valence-electron chi connectivity index (χ1n) is 26.2. The molecular weight excluding hydrogens is 939 g/mol. The molecule has 72 heavy (non-hydrogen) atoms. The molecule has 0 radical (unpaired) electrons. The molecule has 4 aromatic rings. The van der Waals surface area contributed by atoms with Gasteiger partial charge >= 0.3 is 12.0 Å². The van der Waals surface area contributed by atoms with Crippen LogP contribution in [0.5, 0.6) is 0 Å². The lowest BCUT2D eigenvalue weighted by Crippen LogP contribution is -2.63. The molecule has 0 spiro atoms. The van der Waals surface area contributed by atoms with Gasteiger partial charge in [-0.25, -0.2) is 15.2 Å². The summed E-state index contributed by atoms with van der Waals surface area (Å²) in [6.45, 7) is 19.2. The number of thiazole rings is 1. The Morgan fingerprint density at radius 3 is 2.53 bits per heavy atom. The van der Waals surface area contributed by atoms with E-state index >= 15 is 0 Å². The smallest absolute Gasteiger partial charge is 0.324 e. The molecule has 5 atom stereocenters. The lowest BCUT2D eigenvalue weighted by molar-refractivity contribution is -0.156. The highest BCUT2D eigenvalue weighted by molar-refractivity contribution is 7.10. The molecule has 9 heterocycles. The third kappa shape index (κ3) is 10.6. The van der Waals surface area contributed by atoms with Gasteiger partial charge in [-0.05, 0) is 83.1 Å². The van der Waals surface area contributed by atoms with Crippen molar-refractivity contribution in [2.75, 3.05) is 97.5 Å². The zero-order chi connectivity index (χ0) is 50.1. The fraction of sp³-hybridized carbons (Fsp3) is 0.642. The number of pyridine rings is 1. The summed E-state index contributed by atoms with van der Waals surface area (Å²) in [5.74, 6) is -0.839. The zero-order valence-electron chi connectivity index (χ0n) is 42.9. The molecule has 3 aromatic heterocycles. The summed E-state index contributed by atoms with van der Waals surface area (Å²) >= 11 is 1.40. The van der Waals surface area contributed by atoms with E-state index in [1.54, 1.807) is 12.0 Å². The molecule has 3 amide bonds. The zero-order valence-corrected chi connectivity index (χ0v) is 43.7. The predicted octanol–water partition coefficient (Wildman–Crippen LogP) is 6.12. The van der Waals surface area contributed by atoms with Crippen LogP contribution in [0.3, 0.4) is 0 Å². The van der Waals surface area contributed by atoms with Crippen molar-refractivity contribution in [3.05, 3.63) is 52.1 Å². The number of carbonyl (C=O) groups excluding carboxylic acids is 3. The summed E-state index contributed by atoms with van der Waals surface area (Å²) in [5.41, 5.74) is 10.3. The lowest BCUT2D eigenvalue weighted by Gasteiger charge is -2.43. The second-order valence-electron chi connectivity index (χ2n) is 21.1. The largest absolute Gasteiger partial charge is 0.464 e. The van der Waals surface area contributed by atoms with Gasteiger partial charge in [0.15, 0.2) is 0 Å². The van der Waals surface area contributed by atoms with Crippen LogP contribution in [-0.2, 0) is 51.0 Å². The highest BCUT2D eigenvalue weighted by atomic mass is 32.1. The lowest BCUT2D eigenvalue weighted by atomic mass is 9.84. The molecule has 0 unspecified atom stereocenters. The number of methoxy groups -OCH3 is 1. The van der Waals surface area contributed by atoms with Gasteiger partial charge in [-0.1, -0.05) is 19.9 Å². The van der Waals surface area contributed by atoms with Gasteiger partial charge in [-0.2, -0.15) is 0 Å². The minimum absolute atomic E-state index is 0.0476. The number of amides is 3. The number of cyclic esters (lactones) is 1. The number of rotatable bonds is 12. The average Bonchev–Trinajstić information content (AvgIpc) is 3.98. The molecule has 6 aliphatic heterocycles. The molecule has 18 nitrogen and oxygen atoms in total. The molecule has 10 rings (SSSR count). The van der Waals surface area contributed by atoms with Crippen LogP contribution in [0, 0.1) is 5.41 Å². The third-order valence-electron chi connectivity index (χ3n) is 15.6. The van der Waals surface area contributed by atoms with E-state index in [9.17, 15) is 14.4 Å². The van der Waals surface area contributed by atoms with Gasteiger partial charge in [0.2, 0.25) is 0 Å². The van der Waals surface area contributed by atoms with Crippen LogP contribution in [0.1, 0.15) is 95.2 Å². The van der Waals surface area contributed by atoms with Crippen LogP contribution in [0.4, 0.5) is 10.5 Å². The van der Waals surface area contributed by atoms with E-state index in [-0.39, 0.29) is 37.5 Å². The van der Waals surface area contributed by atoms with Crippen molar-refractivity contribution in [1.82, 2.24) is 40.1 Å². The molecule has 0 saturated carbocycles. The van der Waals surface area contributed by atoms with Gasteiger partial charge in [0.05, 0.1) is 73.6 Å². The first-order chi connectivity index (χ1) is 34.9. The fourth-order valence-electron chi connectivity index (χ4n) is 11.0. The molecule has 5 saturated heterocycles. The monoisotopic (exact) mass is 1010 g/mol. The maximum atomic E-state index is 14.8. The van der Waals surface area contributed by atoms with Gasteiger partial charge in [0.1, 0.15) is 23.2 Å². The Kier molecular flexibility index (Phi) is 15.5. The topological polar surface area (TPSA) is 174 Å². The minimum Gasteiger partial charge on any atom is -0.464 e. The van der Waals surface area contributed by atoms with Gasteiger partial charge in [-0.3, -0.25) is 24.5 Å². The van der Waals surface area contributed by atoms with Crippen molar-refractivity contribution < 1.29 is 42.8 Å². The van der Waals surface area contributed by atoms with Gasteiger partial charge in [0.25, 0.3) is 5.91 Å². The summed E-state index contributed by atoms with van der Waals surface area (Å²) in [4.78, 5) is 59.9. The second kappa shape index (κ2) is 22.0. The van der Waals surface area contributed by atoms with Crippen LogP contribution < -0.4 is 15.6 Å². The summed E-state index contributed by atoms with van der Waals surface area (Å²) in [6.07, 6.45) is 5.08. The number of piperazine rings is 1. The third-order valence-corrected chi connectivity index (χ3v) is 16.5. The Morgan fingerprint density at radius 1 is 1.01 bits per heavy atom. The molecular formula is C53H73N9O9S. The fourth-order valence-corrected chi connectivity index (χ4v) is 11.9. The highest BCUT2D eigenvalue weighted by Gasteiger charge is 2.42. The number of carbonyl (C=O) groups is 3. The van der Waals surface area contributed by atoms with Crippen LogP contribution in [0.2, 0.25) is 0 Å². The van der Waals surface area contributed by atoms with Crippen molar-refractivity contribution in [3.63, 3.8) is 0 Å². The maximum Gasteiger partial charge on any atom is 0.324 e. The molecule has 390 valence electrons. The number of likely N-dealkylation sites (tertiary alicyclic amines) is 1. The number of hydrogen-bond donors (Lipinski definition) is 2. The summed E-state index contributed by atoms with van der Waals surface area (Å²) in [5, 5.41) is 8.11. The van der Waals surface area contributed by atoms with Crippen LogP contribution in [-0.4, -0.2) is 170 Å². The molecule has 6 bridgehead atoms. The highest BCUT2D eigenvalue weighted by Crippen LogP contribution is 2.44. The maximum absolute atomic E-state index is 14.8. The normalized spacial score (nSPS) is 25.2. The Labute approximate surface area is 426 Å². The number of anilines is 1. The van der Waals surface area contributed by atoms with E-state index in [0.29, 0.717) is 69.8 Å². The van der Waals surface area contributed by atoms with Gasteiger partial charge < -0.3 is 48.1 Å². The van der Waals surface area contributed by atoms with E-state index in [4.69, 9.17) is 38.4 Å². The van der Waals surface area contributed by atoms with Crippen molar-refractivity contribution in [3.8, 4) is 22.5 Å². The minimum atomic E-state index is -1.13. The molecule has 1 aromatic carbocycles. The van der Waals surface area contributed by atoms with Crippen molar-refractivity contribution in [2.45, 2.75) is 122 Å². The van der Waals surface area contributed by atoms with E-state index < -0.39 is 35.5 Å². The van der Waals surface area contributed by atoms with Crippen LogP contribution >= 0.6 is 11.3 Å². The molecule has 2 N–H and O–H groups in total. The second-order valence-corrected chi connectivity index (χ2v) is 22.0. The number of esters is 1. The number of hydrazine groups is 1. The number of aromatic nitrogens is 3. The van der Waals surface area contributed by atoms with E-state index in [1.807, 2.05) is 32.3 Å². The quantitative estimate of drug-likeness (QED) is 0.155.